The number of nitrogens with zero attached hydrogens (tertiary/aromatic N) is 2. The average Bonchev–Trinajstić information content (AvgIpc) is 2.59. The van der Waals surface area contributed by atoms with Crippen LogP contribution in [0.4, 0.5) is 0 Å². The molecule has 0 saturated heterocycles. The lowest BCUT2D eigenvalue weighted by atomic mass is 10.2. The van der Waals surface area contributed by atoms with Crippen LogP contribution >= 0.6 is 0 Å². The lowest BCUT2D eigenvalue weighted by Crippen LogP contribution is -1.99. The van der Waals surface area contributed by atoms with Gasteiger partial charge in [0.1, 0.15) is 0 Å². The highest BCUT2D eigenvalue weighted by Crippen LogP contribution is 2.16. The highest BCUT2D eigenvalue weighted by molar-refractivity contribution is 5.78. The van der Waals surface area contributed by atoms with Crippen molar-refractivity contribution in [3.63, 3.8) is 0 Å². The van der Waals surface area contributed by atoms with Crippen LogP contribution in [0.1, 0.15) is 25.5 Å². The molecule has 0 unspecified atom stereocenters. The second-order valence-corrected chi connectivity index (χ2v) is 3.75. The van der Waals surface area contributed by atoms with Crippen LogP contribution in [-0.2, 0) is 6.61 Å². The third-order valence-corrected chi connectivity index (χ3v) is 2.30. The van der Waals surface area contributed by atoms with E-state index in [9.17, 15) is 0 Å². The van der Waals surface area contributed by atoms with Gasteiger partial charge in [-0.05, 0) is 31.5 Å². The van der Waals surface area contributed by atoms with E-state index in [-0.39, 0.29) is 6.61 Å². The van der Waals surface area contributed by atoms with Gasteiger partial charge in [-0.15, -0.1) is 0 Å². The number of aliphatic hydroxyl groups is 1. The van der Waals surface area contributed by atoms with Crippen molar-refractivity contribution in [1.82, 2.24) is 9.78 Å². The Balaban J connectivity index is 2.54. The predicted molar refractivity (Wildman–Crippen MR) is 56.0 cm³/mol. The van der Waals surface area contributed by atoms with Crippen LogP contribution < -0.4 is 0 Å². The highest BCUT2D eigenvalue weighted by atomic mass is 16.3. The number of benzene rings is 1. The molecule has 0 amide bonds. The minimum atomic E-state index is 0.0861. The fourth-order valence-corrected chi connectivity index (χ4v) is 1.46. The lowest BCUT2D eigenvalue weighted by molar-refractivity contribution is 0.282. The Hall–Kier alpha value is -1.35. The standard InChI is InChI=1S/C11H14N2O/c1-8(2)13-6-10-5-9(7-14)3-4-11(10)12-13/h3-6,8,14H,7H2,1-2H3. The summed E-state index contributed by atoms with van der Waals surface area (Å²) in [5.41, 5.74) is 1.91. The SMILES string of the molecule is CC(C)n1cc2cc(CO)ccc2n1. The summed E-state index contributed by atoms with van der Waals surface area (Å²) in [7, 11) is 0. The molecule has 1 heterocycles. The molecule has 1 aromatic heterocycles. The summed E-state index contributed by atoms with van der Waals surface area (Å²) in [4.78, 5) is 0. The molecule has 0 aliphatic carbocycles. The zero-order valence-electron chi connectivity index (χ0n) is 8.44. The molecule has 0 atom stereocenters. The molecule has 74 valence electrons. The van der Waals surface area contributed by atoms with Crippen molar-refractivity contribution in [3.8, 4) is 0 Å². The molecule has 0 aliphatic rings. The number of hydrogen-bond acceptors (Lipinski definition) is 2. The number of rotatable bonds is 2. The van der Waals surface area contributed by atoms with Gasteiger partial charge in [-0.2, -0.15) is 5.10 Å². The smallest absolute Gasteiger partial charge is 0.0923 e. The van der Waals surface area contributed by atoms with Crippen LogP contribution in [0.2, 0.25) is 0 Å². The number of aromatic nitrogens is 2. The minimum absolute atomic E-state index is 0.0861. The van der Waals surface area contributed by atoms with Gasteiger partial charge in [0.25, 0.3) is 0 Å². The first-order chi connectivity index (χ1) is 6.70. The molecule has 0 aliphatic heterocycles. The topological polar surface area (TPSA) is 38.0 Å². The van der Waals surface area contributed by atoms with Crippen molar-refractivity contribution in [2.24, 2.45) is 0 Å². The van der Waals surface area contributed by atoms with E-state index in [1.807, 2.05) is 29.1 Å². The van der Waals surface area contributed by atoms with E-state index < -0.39 is 0 Å². The maximum atomic E-state index is 8.99. The quantitative estimate of drug-likeness (QED) is 0.787. The summed E-state index contributed by atoms with van der Waals surface area (Å²) in [6.07, 6.45) is 2.01. The molecule has 0 radical (unpaired) electrons. The number of hydrogen-bond donors (Lipinski definition) is 1. The molecule has 0 fully saturated rings. The van der Waals surface area contributed by atoms with E-state index in [0.717, 1.165) is 16.5 Å². The van der Waals surface area contributed by atoms with Crippen molar-refractivity contribution < 1.29 is 5.11 Å². The van der Waals surface area contributed by atoms with Gasteiger partial charge in [0.2, 0.25) is 0 Å². The summed E-state index contributed by atoms with van der Waals surface area (Å²) in [5, 5.41) is 14.5. The molecule has 2 rings (SSSR count). The Morgan fingerprint density at radius 1 is 1.43 bits per heavy atom. The van der Waals surface area contributed by atoms with Crippen molar-refractivity contribution in [1.29, 1.82) is 0 Å². The molecule has 0 spiro atoms. The van der Waals surface area contributed by atoms with Crippen LogP contribution in [-0.4, -0.2) is 14.9 Å². The van der Waals surface area contributed by atoms with Crippen molar-refractivity contribution in [3.05, 3.63) is 30.0 Å². The summed E-state index contributed by atoms with van der Waals surface area (Å²) in [5.74, 6) is 0. The summed E-state index contributed by atoms with van der Waals surface area (Å²) < 4.78 is 1.94. The fraction of sp³-hybridized carbons (Fsp3) is 0.364. The maximum absolute atomic E-state index is 8.99. The molecule has 3 heteroatoms. The van der Waals surface area contributed by atoms with Gasteiger partial charge in [-0.3, -0.25) is 4.68 Å². The van der Waals surface area contributed by atoms with Crippen LogP contribution in [0.5, 0.6) is 0 Å². The van der Waals surface area contributed by atoms with E-state index in [1.54, 1.807) is 0 Å². The average molecular weight is 190 g/mol. The highest BCUT2D eigenvalue weighted by Gasteiger charge is 2.03. The Bertz CT molecular complexity index is 445. The van der Waals surface area contributed by atoms with Gasteiger partial charge in [0, 0.05) is 17.6 Å². The Morgan fingerprint density at radius 2 is 2.21 bits per heavy atom. The largest absolute Gasteiger partial charge is 0.392 e. The van der Waals surface area contributed by atoms with Crippen LogP contribution in [0.25, 0.3) is 10.9 Å². The summed E-state index contributed by atoms with van der Waals surface area (Å²) in [6, 6.07) is 6.20. The van der Waals surface area contributed by atoms with Crippen molar-refractivity contribution in [2.45, 2.75) is 26.5 Å². The Morgan fingerprint density at radius 3 is 2.86 bits per heavy atom. The lowest BCUT2D eigenvalue weighted by Gasteiger charge is -2.02. The van der Waals surface area contributed by atoms with Crippen molar-refractivity contribution in [2.75, 3.05) is 0 Å². The fourth-order valence-electron chi connectivity index (χ4n) is 1.46. The molecule has 2 aromatic rings. The molecule has 0 bridgehead atoms. The van der Waals surface area contributed by atoms with Gasteiger partial charge in [0.15, 0.2) is 0 Å². The molecule has 1 aromatic carbocycles. The monoisotopic (exact) mass is 190 g/mol. The zero-order chi connectivity index (χ0) is 10.1. The van der Waals surface area contributed by atoms with Crippen LogP contribution in [0, 0.1) is 0 Å². The van der Waals surface area contributed by atoms with Gasteiger partial charge >= 0.3 is 0 Å². The third kappa shape index (κ3) is 1.51. The van der Waals surface area contributed by atoms with Gasteiger partial charge in [-0.25, -0.2) is 0 Å². The van der Waals surface area contributed by atoms with Gasteiger partial charge < -0.3 is 5.11 Å². The zero-order valence-corrected chi connectivity index (χ0v) is 8.44. The van der Waals surface area contributed by atoms with Gasteiger partial charge in [0.05, 0.1) is 12.1 Å². The molecule has 14 heavy (non-hydrogen) atoms. The first-order valence-electron chi connectivity index (χ1n) is 4.79. The second-order valence-electron chi connectivity index (χ2n) is 3.75. The maximum Gasteiger partial charge on any atom is 0.0923 e. The van der Waals surface area contributed by atoms with E-state index in [4.69, 9.17) is 5.11 Å². The summed E-state index contributed by atoms with van der Waals surface area (Å²) >= 11 is 0. The Kier molecular flexibility index (Phi) is 2.25. The van der Waals surface area contributed by atoms with E-state index >= 15 is 0 Å². The summed E-state index contributed by atoms with van der Waals surface area (Å²) in [6.45, 7) is 4.28. The molecular weight excluding hydrogens is 176 g/mol. The predicted octanol–water partition coefficient (Wildman–Crippen LogP) is 2.11. The van der Waals surface area contributed by atoms with E-state index in [0.29, 0.717) is 6.04 Å². The van der Waals surface area contributed by atoms with Crippen molar-refractivity contribution >= 4 is 10.9 Å². The minimum Gasteiger partial charge on any atom is -0.392 e. The normalized spacial score (nSPS) is 11.4. The first kappa shape index (κ1) is 9.21. The molecule has 0 saturated carbocycles. The number of fused-ring (bicyclic) bond motifs is 1. The van der Waals surface area contributed by atoms with Crippen LogP contribution in [0.3, 0.4) is 0 Å². The molecule has 1 N–H and O–H groups in total. The second kappa shape index (κ2) is 3.42. The van der Waals surface area contributed by atoms with Crippen LogP contribution in [0.15, 0.2) is 24.4 Å². The number of aliphatic hydroxyl groups excluding tert-OH is 1. The molecule has 3 nitrogen and oxygen atoms in total. The van der Waals surface area contributed by atoms with E-state index in [1.165, 1.54) is 0 Å². The molecular formula is C11H14N2O. The first-order valence-corrected chi connectivity index (χ1v) is 4.79. The van der Waals surface area contributed by atoms with Gasteiger partial charge in [-0.1, -0.05) is 6.07 Å². The third-order valence-electron chi connectivity index (χ3n) is 2.30. The Labute approximate surface area is 83.0 Å². The van der Waals surface area contributed by atoms with E-state index in [2.05, 4.69) is 18.9 Å².